The number of nitrogens with one attached hydrogen (secondary N) is 2. The minimum atomic E-state index is -0.518. The van der Waals surface area contributed by atoms with Gasteiger partial charge in [0.2, 0.25) is 11.6 Å². The Bertz CT molecular complexity index is 1400. The van der Waals surface area contributed by atoms with Crippen molar-refractivity contribution in [1.82, 2.24) is 36.2 Å². The fourth-order valence-corrected chi connectivity index (χ4v) is 4.71. The van der Waals surface area contributed by atoms with Gasteiger partial charge in [0.05, 0.1) is 12.3 Å². The number of hydrogen-bond acceptors (Lipinski definition) is 9. The van der Waals surface area contributed by atoms with Crippen LogP contribution in [0, 0.1) is 0 Å². The number of carbonyl (C=O) groups excluding carboxylic acids is 1. The van der Waals surface area contributed by atoms with E-state index in [1.165, 1.54) is 42.3 Å². The van der Waals surface area contributed by atoms with Crippen molar-refractivity contribution in [3.63, 3.8) is 0 Å². The quantitative estimate of drug-likeness (QED) is 0.279. The van der Waals surface area contributed by atoms with Crippen LogP contribution >= 0.6 is 0 Å². The molecule has 2 heterocycles. The lowest BCUT2D eigenvalue weighted by Crippen LogP contribution is -2.36. The molecule has 0 aliphatic heterocycles. The van der Waals surface area contributed by atoms with Gasteiger partial charge in [0.1, 0.15) is 11.4 Å². The summed E-state index contributed by atoms with van der Waals surface area (Å²) in [6, 6.07) is 15.5. The number of carbonyl (C=O) groups is 1. The van der Waals surface area contributed by atoms with Crippen LogP contribution < -0.4 is 21.3 Å². The Morgan fingerprint density at radius 3 is 2.47 bits per heavy atom. The van der Waals surface area contributed by atoms with Gasteiger partial charge in [-0.15, -0.1) is 5.10 Å². The normalized spacial score (nSPS) is 13.7. The Morgan fingerprint density at radius 2 is 1.82 bits per heavy atom. The van der Waals surface area contributed by atoms with E-state index in [4.69, 9.17) is 15.1 Å². The van der Waals surface area contributed by atoms with Crippen LogP contribution in [0.3, 0.4) is 0 Å². The van der Waals surface area contributed by atoms with Gasteiger partial charge in [-0.3, -0.25) is 15.6 Å². The predicted molar refractivity (Wildman–Crippen MR) is 142 cm³/mol. The zero-order valence-corrected chi connectivity index (χ0v) is 21.2. The van der Waals surface area contributed by atoms with Crippen LogP contribution in [0.5, 0.6) is 5.75 Å². The van der Waals surface area contributed by atoms with Crippen molar-refractivity contribution in [2.24, 2.45) is 0 Å². The number of anilines is 1. The Morgan fingerprint density at radius 1 is 1.08 bits per heavy atom. The summed E-state index contributed by atoms with van der Waals surface area (Å²) < 4.78 is 11.6. The van der Waals surface area contributed by atoms with E-state index in [-0.39, 0.29) is 17.3 Å². The lowest BCUT2D eigenvalue weighted by atomic mass is 9.84. The molecule has 1 aliphatic carbocycles. The van der Waals surface area contributed by atoms with Gasteiger partial charge in [0.15, 0.2) is 5.69 Å². The Kier molecular flexibility index (Phi) is 7.34. The van der Waals surface area contributed by atoms with Gasteiger partial charge in [0, 0.05) is 5.56 Å². The molecule has 4 aromatic rings. The smallest absolute Gasteiger partial charge is 0.292 e. The minimum Gasteiger partial charge on any atom is -0.494 e. The molecule has 4 N–H and O–H groups in total. The molecule has 1 fully saturated rings. The summed E-state index contributed by atoms with van der Waals surface area (Å²) in [5.41, 5.74) is 15.3. The number of nitrogens with zero attached hydrogens (tertiary/aromatic N) is 5. The van der Waals surface area contributed by atoms with Crippen molar-refractivity contribution < 1.29 is 14.2 Å². The molecule has 38 heavy (non-hydrogen) atoms. The first-order valence-corrected chi connectivity index (χ1v) is 12.7. The van der Waals surface area contributed by atoms with Crippen molar-refractivity contribution >= 4 is 17.4 Å². The molecule has 0 radical (unpaired) electrons. The van der Waals surface area contributed by atoms with E-state index >= 15 is 0 Å². The van der Waals surface area contributed by atoms with E-state index in [1.807, 2.05) is 19.1 Å². The summed E-state index contributed by atoms with van der Waals surface area (Å²) in [5.74, 6) is 0.927. The molecule has 1 saturated carbocycles. The van der Waals surface area contributed by atoms with Crippen molar-refractivity contribution in [1.29, 1.82) is 0 Å². The molecule has 0 bridgehead atoms. The summed E-state index contributed by atoms with van der Waals surface area (Å²) in [4.78, 5) is 13.2. The number of hydrazine groups is 1. The van der Waals surface area contributed by atoms with E-state index < -0.39 is 5.91 Å². The number of nitrogens with two attached hydrogens (primary N) is 1. The fraction of sp³-hybridized carbons (Fsp3) is 0.296. The lowest BCUT2D eigenvalue weighted by molar-refractivity contribution is 0.0938. The number of ether oxygens (including phenoxy) is 1. The highest BCUT2D eigenvalue weighted by Crippen LogP contribution is 2.33. The third-order valence-corrected chi connectivity index (χ3v) is 6.68. The van der Waals surface area contributed by atoms with Crippen LogP contribution in [-0.4, -0.2) is 37.8 Å². The largest absolute Gasteiger partial charge is 0.494 e. The van der Waals surface area contributed by atoms with Crippen molar-refractivity contribution in [2.75, 3.05) is 12.3 Å². The first-order valence-electron chi connectivity index (χ1n) is 12.7. The topological polar surface area (TPSA) is 146 Å². The molecular weight excluding hydrogens is 484 g/mol. The summed E-state index contributed by atoms with van der Waals surface area (Å²) in [7, 11) is 0. The molecule has 196 valence electrons. The molecule has 0 unspecified atom stereocenters. The zero-order valence-electron chi connectivity index (χ0n) is 21.2. The zero-order chi connectivity index (χ0) is 26.5. The monoisotopic (exact) mass is 514 g/mol. The highest BCUT2D eigenvalue weighted by atomic mass is 16.6. The average Bonchev–Trinajstić information content (AvgIpc) is 3.59. The summed E-state index contributed by atoms with van der Waals surface area (Å²) in [5, 5.41) is 15.6. The van der Waals surface area contributed by atoms with Gasteiger partial charge >= 0.3 is 0 Å². The first-order chi connectivity index (χ1) is 18.5. The Balaban J connectivity index is 1.34. The van der Waals surface area contributed by atoms with E-state index in [0.717, 1.165) is 5.56 Å². The Labute approximate surface area is 220 Å². The van der Waals surface area contributed by atoms with Crippen molar-refractivity contribution in [3.05, 3.63) is 71.9 Å². The average molecular weight is 515 g/mol. The molecule has 11 heteroatoms. The molecule has 2 aromatic carbocycles. The van der Waals surface area contributed by atoms with Gasteiger partial charge in [-0.2, -0.15) is 4.68 Å². The van der Waals surface area contributed by atoms with Gasteiger partial charge in [-0.05, 0) is 71.4 Å². The Hall–Kier alpha value is -4.67. The van der Waals surface area contributed by atoms with Gasteiger partial charge in [-0.1, -0.05) is 55.3 Å². The molecule has 0 atom stereocenters. The minimum absolute atomic E-state index is 0.0113. The van der Waals surface area contributed by atoms with E-state index in [1.54, 1.807) is 24.3 Å². The predicted octanol–water partition coefficient (Wildman–Crippen LogP) is 4.25. The highest BCUT2D eigenvalue weighted by molar-refractivity contribution is 5.98. The molecule has 0 spiro atoms. The molecule has 11 nitrogen and oxygen atoms in total. The van der Waals surface area contributed by atoms with Crippen molar-refractivity contribution in [3.8, 4) is 22.8 Å². The number of rotatable bonds is 9. The number of hydrogen-bond donors (Lipinski definition) is 3. The molecular formula is C27H30N8O3. The van der Waals surface area contributed by atoms with Crippen LogP contribution in [-0.2, 0) is 0 Å². The van der Waals surface area contributed by atoms with Crippen LogP contribution in [0.2, 0.25) is 0 Å². The number of nitrogen functional groups attached to an aromatic ring is 1. The number of amides is 1. The van der Waals surface area contributed by atoms with Gasteiger partial charge in [-0.25, -0.2) is 4.63 Å². The molecule has 0 saturated heterocycles. The first kappa shape index (κ1) is 25.0. The molecule has 2 aromatic heterocycles. The van der Waals surface area contributed by atoms with Crippen LogP contribution in [0.4, 0.5) is 5.82 Å². The maximum absolute atomic E-state index is 13.2. The van der Waals surface area contributed by atoms with Gasteiger partial charge < -0.3 is 10.5 Å². The third-order valence-electron chi connectivity index (χ3n) is 6.68. The van der Waals surface area contributed by atoms with E-state index in [9.17, 15) is 4.79 Å². The van der Waals surface area contributed by atoms with Crippen LogP contribution in [0.1, 0.15) is 66.6 Å². The number of benzene rings is 2. The maximum atomic E-state index is 13.2. The van der Waals surface area contributed by atoms with Crippen LogP contribution in [0.15, 0.2) is 59.7 Å². The second kappa shape index (κ2) is 11.2. The van der Waals surface area contributed by atoms with Crippen molar-refractivity contribution in [2.45, 2.75) is 44.9 Å². The lowest BCUT2D eigenvalue weighted by Gasteiger charge is -2.22. The highest BCUT2D eigenvalue weighted by Gasteiger charge is 2.25. The summed E-state index contributed by atoms with van der Waals surface area (Å²) >= 11 is 0. The van der Waals surface area contributed by atoms with Crippen LogP contribution in [0.25, 0.3) is 22.8 Å². The number of aromatic nitrogens is 5. The second-order valence-corrected chi connectivity index (χ2v) is 9.14. The third kappa shape index (κ3) is 5.22. The fourth-order valence-electron chi connectivity index (χ4n) is 4.71. The maximum Gasteiger partial charge on any atom is 0.292 e. The molecule has 5 rings (SSSR count). The molecule has 1 aliphatic rings. The summed E-state index contributed by atoms with van der Waals surface area (Å²) in [6.45, 7) is 6.51. The molecule has 1 amide bonds. The SMILES string of the molecule is C=C(NNC(=O)c1nnn(-c2nonc2N)c1-c1ccc(OCC)cc1)c1ccc(C2CCCCC2)cc1. The summed E-state index contributed by atoms with van der Waals surface area (Å²) in [6.07, 6.45) is 6.38. The van der Waals surface area contributed by atoms with E-state index in [0.29, 0.717) is 35.2 Å². The van der Waals surface area contributed by atoms with Gasteiger partial charge in [0.25, 0.3) is 5.91 Å². The standard InChI is InChI=1S/C27H30N8O3/c1-3-37-22-15-13-21(14-16-22)24-23(30-34-35(24)26-25(28)32-38-33-26)27(36)31-29-17(2)18-9-11-20(12-10-18)19-7-5-4-6-8-19/h9-16,19,29H,2-8H2,1H3,(H2,28,32)(H,31,36). The second-order valence-electron chi connectivity index (χ2n) is 9.14. The van der Waals surface area contributed by atoms with E-state index in [2.05, 4.69) is 50.2 Å².